The summed E-state index contributed by atoms with van der Waals surface area (Å²) in [5.74, 6) is 0. The van der Waals surface area contributed by atoms with Crippen molar-refractivity contribution in [1.82, 2.24) is 20.5 Å². The van der Waals surface area contributed by atoms with E-state index in [0.717, 1.165) is 30.3 Å². The van der Waals surface area contributed by atoms with E-state index in [2.05, 4.69) is 34.4 Å². The molecule has 0 radical (unpaired) electrons. The topological polar surface area (TPSA) is 66.5 Å². The van der Waals surface area contributed by atoms with Crippen molar-refractivity contribution in [2.45, 2.75) is 39.5 Å². The highest BCUT2D eigenvalue weighted by molar-refractivity contribution is 7.09. The first kappa shape index (κ1) is 16.2. The number of amides is 2. The molecule has 2 atom stereocenters. The van der Waals surface area contributed by atoms with Gasteiger partial charge in [0, 0.05) is 37.3 Å². The smallest absolute Gasteiger partial charge is 0.315 e. The summed E-state index contributed by atoms with van der Waals surface area (Å²) in [6.07, 6.45) is 0.520. The quantitative estimate of drug-likeness (QED) is 0.861. The third-order valence-corrected chi connectivity index (χ3v) is 4.24. The zero-order valence-electron chi connectivity index (χ0n) is 12.9. The SMILES string of the molecule is Cc1csc(CNC(=O)NCCN2C[C@@H](C)O[C@@H](C)C2)n1. The highest BCUT2D eigenvalue weighted by Crippen LogP contribution is 2.09. The molecule has 1 saturated heterocycles. The van der Waals surface area contributed by atoms with Crippen LogP contribution in [0, 0.1) is 6.92 Å². The van der Waals surface area contributed by atoms with Crippen LogP contribution in [-0.2, 0) is 11.3 Å². The van der Waals surface area contributed by atoms with Crippen molar-refractivity contribution in [2.24, 2.45) is 0 Å². The van der Waals surface area contributed by atoms with Crippen molar-refractivity contribution in [3.05, 3.63) is 16.1 Å². The third-order valence-electron chi connectivity index (χ3n) is 3.28. The van der Waals surface area contributed by atoms with Crippen molar-refractivity contribution < 1.29 is 9.53 Å². The molecule has 2 amide bonds. The maximum atomic E-state index is 11.7. The number of thiazole rings is 1. The van der Waals surface area contributed by atoms with E-state index in [4.69, 9.17) is 4.74 Å². The number of nitrogens with one attached hydrogen (secondary N) is 2. The second-order valence-corrected chi connectivity index (χ2v) is 6.45. The number of nitrogens with zero attached hydrogens (tertiary/aromatic N) is 2. The van der Waals surface area contributed by atoms with Crippen molar-refractivity contribution in [2.75, 3.05) is 26.2 Å². The van der Waals surface area contributed by atoms with Gasteiger partial charge in [0.2, 0.25) is 0 Å². The van der Waals surface area contributed by atoms with E-state index >= 15 is 0 Å². The molecule has 118 valence electrons. The summed E-state index contributed by atoms with van der Waals surface area (Å²) in [4.78, 5) is 18.3. The van der Waals surface area contributed by atoms with Gasteiger partial charge in [0.25, 0.3) is 0 Å². The predicted octanol–water partition coefficient (Wildman–Crippen LogP) is 1.36. The van der Waals surface area contributed by atoms with E-state index in [-0.39, 0.29) is 18.2 Å². The van der Waals surface area contributed by atoms with Gasteiger partial charge >= 0.3 is 6.03 Å². The molecule has 1 aromatic heterocycles. The van der Waals surface area contributed by atoms with E-state index in [1.54, 1.807) is 11.3 Å². The van der Waals surface area contributed by atoms with Gasteiger partial charge in [-0.2, -0.15) is 0 Å². The number of urea groups is 1. The normalized spacial score (nSPS) is 23.0. The Labute approximate surface area is 129 Å². The molecule has 1 aromatic rings. The fraction of sp³-hybridized carbons (Fsp3) is 0.714. The monoisotopic (exact) mass is 312 g/mol. The molecule has 2 N–H and O–H groups in total. The molecule has 1 aliphatic rings. The summed E-state index contributed by atoms with van der Waals surface area (Å²) in [5, 5.41) is 8.61. The molecular weight excluding hydrogens is 288 g/mol. The molecular formula is C14H24N4O2S. The molecule has 2 heterocycles. The molecule has 0 saturated carbocycles. The fourth-order valence-electron chi connectivity index (χ4n) is 2.50. The maximum Gasteiger partial charge on any atom is 0.315 e. The number of ether oxygens (including phenoxy) is 1. The number of morpholine rings is 1. The molecule has 2 rings (SSSR count). The minimum Gasteiger partial charge on any atom is -0.373 e. The van der Waals surface area contributed by atoms with Gasteiger partial charge in [-0.3, -0.25) is 4.90 Å². The van der Waals surface area contributed by atoms with Crippen LogP contribution in [0.25, 0.3) is 0 Å². The Morgan fingerprint density at radius 3 is 2.76 bits per heavy atom. The Balaban J connectivity index is 1.60. The molecule has 21 heavy (non-hydrogen) atoms. The van der Waals surface area contributed by atoms with Gasteiger partial charge in [-0.25, -0.2) is 9.78 Å². The molecule has 1 fully saturated rings. The fourth-order valence-corrected chi connectivity index (χ4v) is 3.21. The van der Waals surface area contributed by atoms with Crippen LogP contribution < -0.4 is 10.6 Å². The largest absolute Gasteiger partial charge is 0.373 e. The summed E-state index contributed by atoms with van der Waals surface area (Å²) in [5.41, 5.74) is 0.993. The minimum atomic E-state index is -0.141. The molecule has 0 aromatic carbocycles. The number of aromatic nitrogens is 1. The molecule has 0 aliphatic carbocycles. The van der Waals surface area contributed by atoms with Crippen LogP contribution in [0.5, 0.6) is 0 Å². The van der Waals surface area contributed by atoms with Crippen LogP contribution in [0.3, 0.4) is 0 Å². The van der Waals surface area contributed by atoms with Crippen LogP contribution in [0.1, 0.15) is 24.5 Å². The highest BCUT2D eigenvalue weighted by atomic mass is 32.1. The van der Waals surface area contributed by atoms with Gasteiger partial charge < -0.3 is 15.4 Å². The van der Waals surface area contributed by atoms with Crippen LogP contribution in [0.4, 0.5) is 4.79 Å². The van der Waals surface area contributed by atoms with Crippen LogP contribution in [-0.4, -0.2) is 54.3 Å². The number of hydrogen-bond donors (Lipinski definition) is 2. The second kappa shape index (κ2) is 7.72. The average Bonchev–Trinajstić information content (AvgIpc) is 2.81. The Morgan fingerprint density at radius 2 is 2.14 bits per heavy atom. The van der Waals surface area contributed by atoms with Crippen molar-refractivity contribution in [3.63, 3.8) is 0 Å². The van der Waals surface area contributed by atoms with Crippen LogP contribution in [0.15, 0.2) is 5.38 Å². The first-order chi connectivity index (χ1) is 10.0. The molecule has 0 spiro atoms. The zero-order chi connectivity index (χ0) is 15.2. The minimum absolute atomic E-state index is 0.141. The van der Waals surface area contributed by atoms with E-state index in [0.29, 0.717) is 13.1 Å². The lowest BCUT2D eigenvalue weighted by Crippen LogP contribution is -2.48. The van der Waals surface area contributed by atoms with E-state index in [1.165, 1.54) is 0 Å². The number of hydrogen-bond acceptors (Lipinski definition) is 5. The number of aryl methyl sites for hydroxylation is 1. The lowest BCUT2D eigenvalue weighted by molar-refractivity contribution is -0.0672. The van der Waals surface area contributed by atoms with Gasteiger partial charge in [0.1, 0.15) is 5.01 Å². The lowest BCUT2D eigenvalue weighted by atomic mass is 10.2. The lowest BCUT2D eigenvalue weighted by Gasteiger charge is -2.35. The molecule has 6 nitrogen and oxygen atoms in total. The van der Waals surface area contributed by atoms with E-state index in [1.807, 2.05) is 12.3 Å². The Bertz CT molecular complexity index is 456. The Hall–Kier alpha value is -1.18. The Kier molecular flexibility index (Phi) is 5.96. The molecule has 7 heteroatoms. The maximum absolute atomic E-state index is 11.7. The van der Waals surface area contributed by atoms with Gasteiger partial charge in [0.05, 0.1) is 18.8 Å². The zero-order valence-corrected chi connectivity index (χ0v) is 13.7. The van der Waals surface area contributed by atoms with Crippen molar-refractivity contribution >= 4 is 17.4 Å². The third kappa shape index (κ3) is 5.61. The van der Waals surface area contributed by atoms with Crippen LogP contribution in [0.2, 0.25) is 0 Å². The number of carbonyl (C=O) groups is 1. The van der Waals surface area contributed by atoms with Gasteiger partial charge in [0.15, 0.2) is 0 Å². The molecule has 0 bridgehead atoms. The summed E-state index contributed by atoms with van der Waals surface area (Å²) < 4.78 is 5.69. The number of carbonyl (C=O) groups excluding carboxylic acids is 1. The van der Waals surface area contributed by atoms with Gasteiger partial charge in [-0.05, 0) is 20.8 Å². The summed E-state index contributed by atoms with van der Waals surface area (Å²) in [6.45, 7) is 9.93. The predicted molar refractivity (Wildman–Crippen MR) is 83.5 cm³/mol. The molecule has 1 aliphatic heterocycles. The average molecular weight is 312 g/mol. The summed E-state index contributed by atoms with van der Waals surface area (Å²) >= 11 is 1.56. The molecule has 0 unspecified atom stereocenters. The van der Waals surface area contributed by atoms with Crippen molar-refractivity contribution in [1.29, 1.82) is 0 Å². The van der Waals surface area contributed by atoms with Gasteiger partial charge in [-0.1, -0.05) is 0 Å². The van der Waals surface area contributed by atoms with E-state index < -0.39 is 0 Å². The summed E-state index contributed by atoms with van der Waals surface area (Å²) in [7, 11) is 0. The van der Waals surface area contributed by atoms with Gasteiger partial charge in [-0.15, -0.1) is 11.3 Å². The summed E-state index contributed by atoms with van der Waals surface area (Å²) in [6, 6.07) is -0.141. The van der Waals surface area contributed by atoms with Crippen molar-refractivity contribution in [3.8, 4) is 0 Å². The Morgan fingerprint density at radius 1 is 1.43 bits per heavy atom. The standard InChI is InChI=1S/C14H24N4O2S/c1-10-9-21-13(17-10)6-16-14(19)15-4-5-18-7-11(2)20-12(3)8-18/h9,11-12H,4-8H2,1-3H3,(H2,15,16,19)/t11-,12+. The van der Waals surface area contributed by atoms with Crippen LogP contribution >= 0.6 is 11.3 Å². The van der Waals surface area contributed by atoms with E-state index in [9.17, 15) is 4.79 Å². The number of rotatable bonds is 5. The second-order valence-electron chi connectivity index (χ2n) is 5.51. The highest BCUT2D eigenvalue weighted by Gasteiger charge is 2.21. The first-order valence-corrected chi connectivity index (χ1v) is 8.21. The first-order valence-electron chi connectivity index (χ1n) is 7.33.